The molecule has 1 aromatic carbocycles. The van der Waals surface area contributed by atoms with E-state index < -0.39 is 0 Å². The highest BCUT2D eigenvalue weighted by molar-refractivity contribution is 5.81. The highest BCUT2D eigenvalue weighted by atomic mass is 16.2. The van der Waals surface area contributed by atoms with Gasteiger partial charge in [-0.1, -0.05) is 36.4 Å². The van der Waals surface area contributed by atoms with Crippen molar-refractivity contribution in [2.24, 2.45) is 5.92 Å². The van der Waals surface area contributed by atoms with E-state index in [9.17, 15) is 4.79 Å². The molecule has 3 aliphatic rings. The molecule has 4 rings (SSSR count). The summed E-state index contributed by atoms with van der Waals surface area (Å²) in [7, 11) is 0. The normalized spacial score (nSPS) is 31.3. The second-order valence-electron chi connectivity index (χ2n) is 6.52. The molecule has 110 valence electrons. The van der Waals surface area contributed by atoms with Crippen molar-refractivity contribution in [3.05, 3.63) is 42.0 Å². The van der Waals surface area contributed by atoms with Gasteiger partial charge in [-0.3, -0.25) is 4.79 Å². The van der Waals surface area contributed by atoms with E-state index in [0.29, 0.717) is 18.0 Å². The maximum atomic E-state index is 12.7. The number of hydrogen-bond acceptors (Lipinski definition) is 2. The molecule has 3 heteroatoms. The molecule has 0 saturated carbocycles. The number of carbonyl (C=O) groups excluding carboxylic acids is 1. The molecule has 0 aromatic heterocycles. The molecule has 0 aliphatic carbocycles. The third-order valence-corrected chi connectivity index (χ3v) is 5.28. The van der Waals surface area contributed by atoms with Gasteiger partial charge in [-0.05, 0) is 36.8 Å². The van der Waals surface area contributed by atoms with E-state index in [-0.39, 0.29) is 5.92 Å². The zero-order valence-corrected chi connectivity index (χ0v) is 12.3. The topological polar surface area (TPSA) is 32.3 Å². The summed E-state index contributed by atoms with van der Waals surface area (Å²) >= 11 is 0. The lowest BCUT2D eigenvalue weighted by atomic mass is 9.87. The maximum absolute atomic E-state index is 12.7. The van der Waals surface area contributed by atoms with Gasteiger partial charge < -0.3 is 10.2 Å². The van der Waals surface area contributed by atoms with E-state index in [1.165, 1.54) is 24.0 Å². The zero-order valence-electron chi connectivity index (χ0n) is 12.3. The van der Waals surface area contributed by atoms with Crippen LogP contribution in [0.25, 0.3) is 5.57 Å². The van der Waals surface area contributed by atoms with Gasteiger partial charge in [0.15, 0.2) is 0 Å². The second kappa shape index (κ2) is 5.30. The molecule has 3 atom stereocenters. The molecule has 3 aliphatic heterocycles. The summed E-state index contributed by atoms with van der Waals surface area (Å²) in [4.78, 5) is 14.7. The van der Waals surface area contributed by atoms with Crippen molar-refractivity contribution in [3.63, 3.8) is 0 Å². The van der Waals surface area contributed by atoms with Crippen molar-refractivity contribution >= 4 is 11.5 Å². The average Bonchev–Trinajstić information content (AvgIpc) is 3.18. The lowest BCUT2D eigenvalue weighted by Gasteiger charge is -2.31. The minimum Gasteiger partial charge on any atom is -0.338 e. The van der Waals surface area contributed by atoms with Crippen molar-refractivity contribution in [2.45, 2.75) is 37.8 Å². The molecule has 21 heavy (non-hydrogen) atoms. The molecule has 2 saturated heterocycles. The number of nitrogens with zero attached hydrogens (tertiary/aromatic N) is 1. The Labute approximate surface area is 126 Å². The lowest BCUT2D eigenvalue weighted by molar-refractivity contribution is -0.135. The quantitative estimate of drug-likeness (QED) is 0.903. The van der Waals surface area contributed by atoms with Gasteiger partial charge >= 0.3 is 0 Å². The molecular formula is C18H22N2O. The van der Waals surface area contributed by atoms with Crippen LogP contribution in [0.15, 0.2) is 36.4 Å². The second-order valence-corrected chi connectivity index (χ2v) is 6.52. The first-order chi connectivity index (χ1) is 10.3. The van der Waals surface area contributed by atoms with Crippen molar-refractivity contribution in [1.82, 2.24) is 10.2 Å². The van der Waals surface area contributed by atoms with Crippen LogP contribution >= 0.6 is 0 Å². The summed E-state index contributed by atoms with van der Waals surface area (Å²) in [5.41, 5.74) is 2.68. The number of carbonyl (C=O) groups is 1. The number of fused-ring (bicyclic) bond motifs is 2. The highest BCUT2D eigenvalue weighted by Crippen LogP contribution is 2.35. The summed E-state index contributed by atoms with van der Waals surface area (Å²) in [5, 5.41) is 3.57. The van der Waals surface area contributed by atoms with E-state index in [1.54, 1.807) is 0 Å². The van der Waals surface area contributed by atoms with Crippen LogP contribution in [-0.4, -0.2) is 36.0 Å². The van der Waals surface area contributed by atoms with Gasteiger partial charge in [-0.25, -0.2) is 0 Å². The SMILES string of the molecule is O=C(C1CC2CCC1N2)N1CC=C(c2ccccc2)CC1. The maximum Gasteiger partial charge on any atom is 0.227 e. The molecule has 3 unspecified atom stereocenters. The summed E-state index contributed by atoms with van der Waals surface area (Å²) in [6.07, 6.45) is 6.70. The fraction of sp³-hybridized carbons (Fsp3) is 0.500. The monoisotopic (exact) mass is 282 g/mol. The first kappa shape index (κ1) is 13.1. The molecule has 2 bridgehead atoms. The van der Waals surface area contributed by atoms with Crippen molar-refractivity contribution in [1.29, 1.82) is 0 Å². The first-order valence-electron chi connectivity index (χ1n) is 8.10. The number of nitrogens with one attached hydrogen (secondary N) is 1. The van der Waals surface area contributed by atoms with Crippen molar-refractivity contribution in [3.8, 4) is 0 Å². The van der Waals surface area contributed by atoms with Crippen LogP contribution in [0.2, 0.25) is 0 Å². The molecule has 1 aromatic rings. The Morgan fingerprint density at radius 3 is 2.67 bits per heavy atom. The van der Waals surface area contributed by atoms with E-state index in [2.05, 4.69) is 40.6 Å². The first-order valence-corrected chi connectivity index (χ1v) is 8.10. The number of hydrogen-bond donors (Lipinski definition) is 1. The fourth-order valence-corrected chi connectivity index (χ4v) is 4.12. The van der Waals surface area contributed by atoms with Crippen LogP contribution in [0.4, 0.5) is 0 Å². The Kier molecular flexibility index (Phi) is 3.30. The molecule has 0 spiro atoms. The van der Waals surface area contributed by atoms with Crippen LogP contribution in [0, 0.1) is 5.92 Å². The van der Waals surface area contributed by atoms with Crippen LogP contribution < -0.4 is 5.32 Å². The molecule has 3 nitrogen and oxygen atoms in total. The molecule has 2 fully saturated rings. The fourth-order valence-electron chi connectivity index (χ4n) is 4.12. The summed E-state index contributed by atoms with van der Waals surface area (Å²) in [6, 6.07) is 11.6. The Bertz CT molecular complexity index is 566. The van der Waals surface area contributed by atoms with Crippen LogP contribution in [0.1, 0.15) is 31.2 Å². The summed E-state index contributed by atoms with van der Waals surface area (Å²) < 4.78 is 0. The van der Waals surface area contributed by atoms with Gasteiger partial charge in [0.2, 0.25) is 5.91 Å². The zero-order chi connectivity index (χ0) is 14.2. The highest BCUT2D eigenvalue weighted by Gasteiger charge is 2.44. The predicted octanol–water partition coefficient (Wildman–Crippen LogP) is 2.44. The van der Waals surface area contributed by atoms with E-state index in [4.69, 9.17) is 0 Å². The molecule has 1 amide bonds. The minimum absolute atomic E-state index is 0.232. The average molecular weight is 282 g/mol. The standard InChI is InChI=1S/C18H22N2O/c21-18(16-12-15-6-7-17(16)19-15)20-10-8-14(9-11-20)13-4-2-1-3-5-13/h1-5,8,15-17,19H,6-7,9-12H2. The van der Waals surface area contributed by atoms with Crippen LogP contribution in [-0.2, 0) is 4.79 Å². The Morgan fingerprint density at radius 1 is 1.19 bits per heavy atom. The molecular weight excluding hydrogens is 260 g/mol. The van der Waals surface area contributed by atoms with Gasteiger partial charge in [-0.2, -0.15) is 0 Å². The van der Waals surface area contributed by atoms with Gasteiger partial charge in [0.25, 0.3) is 0 Å². The third-order valence-electron chi connectivity index (χ3n) is 5.28. The van der Waals surface area contributed by atoms with Crippen LogP contribution in [0.3, 0.4) is 0 Å². The smallest absolute Gasteiger partial charge is 0.227 e. The molecule has 3 heterocycles. The van der Waals surface area contributed by atoms with Gasteiger partial charge in [0, 0.05) is 25.2 Å². The summed E-state index contributed by atoms with van der Waals surface area (Å²) in [5.74, 6) is 0.605. The van der Waals surface area contributed by atoms with Crippen molar-refractivity contribution in [2.75, 3.05) is 13.1 Å². The van der Waals surface area contributed by atoms with E-state index >= 15 is 0 Å². The largest absolute Gasteiger partial charge is 0.338 e. The Balaban J connectivity index is 1.43. The van der Waals surface area contributed by atoms with Gasteiger partial charge in [0.1, 0.15) is 0 Å². The van der Waals surface area contributed by atoms with Crippen LogP contribution in [0.5, 0.6) is 0 Å². The molecule has 1 N–H and O–H groups in total. The van der Waals surface area contributed by atoms with Gasteiger partial charge in [-0.15, -0.1) is 0 Å². The van der Waals surface area contributed by atoms with Crippen molar-refractivity contribution < 1.29 is 4.79 Å². The Morgan fingerprint density at radius 2 is 2.05 bits per heavy atom. The minimum atomic E-state index is 0.232. The van der Waals surface area contributed by atoms with Gasteiger partial charge in [0.05, 0.1) is 5.92 Å². The lowest BCUT2D eigenvalue weighted by Crippen LogP contribution is -2.42. The number of rotatable bonds is 2. The Hall–Kier alpha value is -1.61. The molecule has 0 radical (unpaired) electrons. The number of amides is 1. The van der Waals surface area contributed by atoms with E-state index in [1.807, 2.05) is 6.07 Å². The third kappa shape index (κ3) is 2.40. The predicted molar refractivity (Wildman–Crippen MR) is 83.7 cm³/mol. The van der Waals surface area contributed by atoms with E-state index in [0.717, 1.165) is 25.9 Å². The summed E-state index contributed by atoms with van der Waals surface area (Å²) in [6.45, 7) is 1.64. The number of benzene rings is 1.